The van der Waals surface area contributed by atoms with E-state index in [1.54, 1.807) is 18.2 Å². The maximum Gasteiger partial charge on any atom is 0.140 e. The van der Waals surface area contributed by atoms with Crippen molar-refractivity contribution < 1.29 is 9.47 Å². The van der Waals surface area contributed by atoms with Crippen LogP contribution in [0.3, 0.4) is 0 Å². The predicted molar refractivity (Wildman–Crippen MR) is 64.2 cm³/mol. The van der Waals surface area contributed by atoms with Gasteiger partial charge in [-0.1, -0.05) is 18.2 Å². The molecule has 0 aliphatic carbocycles. The minimum absolute atomic E-state index is 0.493. The highest BCUT2D eigenvalue weighted by molar-refractivity contribution is 5.48. The first-order chi connectivity index (χ1) is 8.33. The van der Waals surface area contributed by atoms with Crippen LogP contribution in [0.1, 0.15) is 5.56 Å². The SMILES string of the molecule is COc1cc(Oc2ccccc2)ccc1C#N. The fourth-order valence-corrected chi connectivity index (χ4v) is 1.45. The van der Waals surface area contributed by atoms with Crippen molar-refractivity contribution in [3.05, 3.63) is 54.1 Å². The summed E-state index contributed by atoms with van der Waals surface area (Å²) in [7, 11) is 1.53. The molecule has 0 fully saturated rings. The molecule has 0 aliphatic rings. The molecule has 0 spiro atoms. The molecule has 0 aromatic heterocycles. The fourth-order valence-electron chi connectivity index (χ4n) is 1.45. The van der Waals surface area contributed by atoms with E-state index in [2.05, 4.69) is 6.07 Å². The van der Waals surface area contributed by atoms with E-state index in [0.717, 1.165) is 5.75 Å². The van der Waals surface area contributed by atoms with Crippen LogP contribution in [0.25, 0.3) is 0 Å². The molecule has 0 aliphatic heterocycles. The Morgan fingerprint density at radius 1 is 1.00 bits per heavy atom. The summed E-state index contributed by atoms with van der Waals surface area (Å²) in [5.41, 5.74) is 0.493. The van der Waals surface area contributed by atoms with Crippen molar-refractivity contribution in [2.45, 2.75) is 0 Å². The molecular formula is C14H11NO2. The van der Waals surface area contributed by atoms with Crippen molar-refractivity contribution in [2.24, 2.45) is 0 Å². The Hall–Kier alpha value is -2.47. The highest BCUT2D eigenvalue weighted by Crippen LogP contribution is 2.27. The third-order valence-corrected chi connectivity index (χ3v) is 2.27. The van der Waals surface area contributed by atoms with Gasteiger partial charge in [0, 0.05) is 6.07 Å². The van der Waals surface area contributed by atoms with Crippen molar-refractivity contribution in [2.75, 3.05) is 7.11 Å². The highest BCUT2D eigenvalue weighted by atomic mass is 16.5. The summed E-state index contributed by atoms with van der Waals surface area (Å²) in [6, 6.07) is 16.6. The zero-order chi connectivity index (χ0) is 12.1. The average Bonchev–Trinajstić information content (AvgIpc) is 2.40. The predicted octanol–water partition coefficient (Wildman–Crippen LogP) is 3.36. The number of nitriles is 1. The zero-order valence-corrected chi connectivity index (χ0v) is 9.38. The molecule has 0 amide bonds. The number of nitrogens with zero attached hydrogens (tertiary/aromatic N) is 1. The van der Waals surface area contributed by atoms with E-state index in [0.29, 0.717) is 17.1 Å². The number of hydrogen-bond donors (Lipinski definition) is 0. The van der Waals surface area contributed by atoms with Gasteiger partial charge >= 0.3 is 0 Å². The van der Waals surface area contributed by atoms with Crippen LogP contribution in [0.2, 0.25) is 0 Å². The van der Waals surface area contributed by atoms with Crippen molar-refractivity contribution in [3.63, 3.8) is 0 Å². The molecule has 0 N–H and O–H groups in total. The van der Waals surface area contributed by atoms with Gasteiger partial charge < -0.3 is 9.47 Å². The van der Waals surface area contributed by atoms with Gasteiger partial charge in [0.2, 0.25) is 0 Å². The number of rotatable bonds is 3. The highest BCUT2D eigenvalue weighted by Gasteiger charge is 2.04. The smallest absolute Gasteiger partial charge is 0.140 e. The normalized spacial score (nSPS) is 9.41. The van der Waals surface area contributed by atoms with Crippen LogP contribution < -0.4 is 9.47 Å². The van der Waals surface area contributed by atoms with E-state index in [9.17, 15) is 0 Å². The minimum Gasteiger partial charge on any atom is -0.495 e. The summed E-state index contributed by atoms with van der Waals surface area (Å²) in [5, 5.41) is 8.86. The molecule has 84 valence electrons. The van der Waals surface area contributed by atoms with E-state index in [4.69, 9.17) is 14.7 Å². The Morgan fingerprint density at radius 3 is 2.41 bits per heavy atom. The summed E-state index contributed by atoms with van der Waals surface area (Å²) >= 11 is 0. The van der Waals surface area contributed by atoms with Gasteiger partial charge in [0.15, 0.2) is 0 Å². The second kappa shape index (κ2) is 5.04. The third kappa shape index (κ3) is 2.56. The summed E-state index contributed by atoms with van der Waals surface area (Å²) in [5.74, 6) is 1.91. The van der Waals surface area contributed by atoms with Crippen molar-refractivity contribution >= 4 is 0 Å². The molecule has 17 heavy (non-hydrogen) atoms. The average molecular weight is 225 g/mol. The second-order valence-corrected chi connectivity index (χ2v) is 3.39. The van der Waals surface area contributed by atoms with Gasteiger partial charge in [-0.15, -0.1) is 0 Å². The third-order valence-electron chi connectivity index (χ3n) is 2.27. The maximum atomic E-state index is 8.86. The number of ether oxygens (including phenoxy) is 2. The van der Waals surface area contributed by atoms with Gasteiger partial charge in [-0.25, -0.2) is 0 Å². The van der Waals surface area contributed by atoms with Gasteiger partial charge in [0.1, 0.15) is 23.3 Å². The van der Waals surface area contributed by atoms with Crippen LogP contribution in [0, 0.1) is 11.3 Å². The van der Waals surface area contributed by atoms with Gasteiger partial charge in [-0.2, -0.15) is 5.26 Å². The second-order valence-electron chi connectivity index (χ2n) is 3.39. The van der Waals surface area contributed by atoms with Crippen molar-refractivity contribution in [3.8, 4) is 23.3 Å². The minimum atomic E-state index is 0.493. The molecule has 0 radical (unpaired) electrons. The van der Waals surface area contributed by atoms with Gasteiger partial charge in [0.05, 0.1) is 12.7 Å². The maximum absolute atomic E-state index is 8.86. The van der Waals surface area contributed by atoms with E-state index >= 15 is 0 Å². The van der Waals surface area contributed by atoms with Gasteiger partial charge in [-0.3, -0.25) is 0 Å². The van der Waals surface area contributed by atoms with E-state index in [1.165, 1.54) is 7.11 Å². The van der Waals surface area contributed by atoms with Crippen LogP contribution in [0.5, 0.6) is 17.2 Å². The molecule has 3 nitrogen and oxygen atoms in total. The molecule has 0 saturated carbocycles. The first kappa shape index (κ1) is 11.0. The summed E-state index contributed by atoms with van der Waals surface area (Å²) in [4.78, 5) is 0. The Balaban J connectivity index is 2.26. The van der Waals surface area contributed by atoms with E-state index in [-0.39, 0.29) is 0 Å². The Labute approximate surface area is 99.8 Å². The molecule has 0 heterocycles. The molecule has 0 bridgehead atoms. The van der Waals surface area contributed by atoms with Gasteiger partial charge in [0.25, 0.3) is 0 Å². The molecule has 2 rings (SSSR count). The Morgan fingerprint density at radius 2 is 1.76 bits per heavy atom. The summed E-state index contributed by atoms with van der Waals surface area (Å²) in [6.07, 6.45) is 0. The number of hydrogen-bond acceptors (Lipinski definition) is 3. The first-order valence-electron chi connectivity index (χ1n) is 5.14. The lowest BCUT2D eigenvalue weighted by molar-refractivity contribution is 0.407. The lowest BCUT2D eigenvalue weighted by Gasteiger charge is -2.08. The Bertz CT molecular complexity index is 544. The quantitative estimate of drug-likeness (QED) is 0.804. The lowest BCUT2D eigenvalue weighted by Crippen LogP contribution is -1.90. The first-order valence-corrected chi connectivity index (χ1v) is 5.14. The molecular weight excluding hydrogens is 214 g/mol. The topological polar surface area (TPSA) is 42.2 Å². The molecule has 0 atom stereocenters. The van der Waals surface area contributed by atoms with Crippen LogP contribution in [-0.2, 0) is 0 Å². The van der Waals surface area contributed by atoms with E-state index < -0.39 is 0 Å². The summed E-state index contributed by atoms with van der Waals surface area (Å²) in [6.45, 7) is 0. The molecule has 3 heteroatoms. The van der Waals surface area contributed by atoms with Crippen molar-refractivity contribution in [1.29, 1.82) is 5.26 Å². The largest absolute Gasteiger partial charge is 0.495 e. The lowest BCUT2D eigenvalue weighted by atomic mass is 10.2. The summed E-state index contributed by atoms with van der Waals surface area (Å²) < 4.78 is 10.7. The van der Waals surface area contributed by atoms with Crippen LogP contribution in [-0.4, -0.2) is 7.11 Å². The van der Waals surface area contributed by atoms with Crippen LogP contribution in [0.4, 0.5) is 0 Å². The molecule has 0 saturated heterocycles. The molecule has 2 aromatic rings. The Kier molecular flexibility index (Phi) is 3.27. The van der Waals surface area contributed by atoms with Crippen LogP contribution in [0.15, 0.2) is 48.5 Å². The molecule has 2 aromatic carbocycles. The number of methoxy groups -OCH3 is 1. The molecule has 0 unspecified atom stereocenters. The number of benzene rings is 2. The fraction of sp³-hybridized carbons (Fsp3) is 0.0714. The van der Waals surface area contributed by atoms with E-state index in [1.807, 2.05) is 30.3 Å². The van der Waals surface area contributed by atoms with Crippen molar-refractivity contribution in [1.82, 2.24) is 0 Å². The van der Waals surface area contributed by atoms with Gasteiger partial charge in [-0.05, 0) is 24.3 Å². The number of para-hydroxylation sites is 1. The zero-order valence-electron chi connectivity index (χ0n) is 9.38. The standard InChI is InChI=1S/C14H11NO2/c1-16-14-9-13(8-7-11(14)10-15)17-12-5-3-2-4-6-12/h2-9H,1H3. The van der Waals surface area contributed by atoms with Crippen LogP contribution >= 0.6 is 0 Å². The monoisotopic (exact) mass is 225 g/mol.